The fourth-order valence-electron chi connectivity index (χ4n) is 1.48. The molecule has 0 aliphatic rings. The van der Waals surface area contributed by atoms with Crippen molar-refractivity contribution in [3.8, 4) is 0 Å². The number of thiazole rings is 1. The van der Waals surface area contributed by atoms with E-state index in [1.54, 1.807) is 17.5 Å². The minimum atomic E-state index is -0.765. The molecule has 0 saturated carbocycles. The van der Waals surface area contributed by atoms with Crippen molar-refractivity contribution in [3.05, 3.63) is 11.6 Å². The normalized spacial score (nSPS) is 10.8. The molecule has 0 bridgehead atoms. The van der Waals surface area contributed by atoms with E-state index in [-0.39, 0.29) is 6.42 Å². The lowest BCUT2D eigenvalue weighted by molar-refractivity contribution is -0.136. The van der Waals surface area contributed by atoms with Gasteiger partial charge in [-0.1, -0.05) is 0 Å². The Balaban J connectivity index is 2.45. The van der Waals surface area contributed by atoms with Gasteiger partial charge in [0, 0.05) is 24.7 Å². The molecule has 1 aromatic rings. The van der Waals surface area contributed by atoms with E-state index in [1.807, 2.05) is 24.4 Å². The van der Waals surface area contributed by atoms with E-state index in [1.165, 1.54) is 0 Å². The predicted molar refractivity (Wildman–Crippen MR) is 69.8 cm³/mol. The van der Waals surface area contributed by atoms with E-state index in [0.29, 0.717) is 6.54 Å². The number of hydrogen-bond donors (Lipinski definition) is 1. The molecule has 96 valence electrons. The van der Waals surface area contributed by atoms with E-state index < -0.39 is 5.97 Å². The van der Waals surface area contributed by atoms with Gasteiger partial charge in [0.25, 0.3) is 0 Å². The monoisotopic (exact) mass is 257 g/mol. The lowest BCUT2D eigenvalue weighted by atomic mass is 10.3. The topological polar surface area (TPSA) is 56.7 Å². The van der Waals surface area contributed by atoms with Gasteiger partial charge in [0.05, 0.1) is 6.42 Å². The molecule has 1 heterocycles. The first-order chi connectivity index (χ1) is 8.09. The van der Waals surface area contributed by atoms with Crippen molar-refractivity contribution < 1.29 is 9.90 Å². The number of anilines is 1. The minimum absolute atomic E-state index is 0.154. The summed E-state index contributed by atoms with van der Waals surface area (Å²) in [7, 11) is 4.07. The molecule has 17 heavy (non-hydrogen) atoms. The molecule has 0 spiro atoms. The van der Waals surface area contributed by atoms with E-state index in [2.05, 4.69) is 9.88 Å². The van der Waals surface area contributed by atoms with Crippen molar-refractivity contribution in [3.63, 3.8) is 0 Å². The lowest BCUT2D eigenvalue weighted by Gasteiger charge is -2.21. The molecule has 1 rings (SSSR count). The summed E-state index contributed by atoms with van der Waals surface area (Å²) in [6.45, 7) is 2.37. The second kappa shape index (κ2) is 7.24. The highest BCUT2D eigenvalue weighted by atomic mass is 32.1. The van der Waals surface area contributed by atoms with Gasteiger partial charge in [-0.2, -0.15) is 0 Å². The van der Waals surface area contributed by atoms with Crippen molar-refractivity contribution >= 4 is 22.4 Å². The van der Waals surface area contributed by atoms with E-state index in [9.17, 15) is 4.79 Å². The Morgan fingerprint density at radius 1 is 1.41 bits per heavy atom. The van der Waals surface area contributed by atoms with Crippen molar-refractivity contribution in [2.24, 2.45) is 0 Å². The maximum atomic E-state index is 10.6. The van der Waals surface area contributed by atoms with Gasteiger partial charge in [0.2, 0.25) is 0 Å². The molecule has 0 saturated heterocycles. The summed E-state index contributed by atoms with van der Waals surface area (Å²) in [6.07, 6.45) is 2.91. The van der Waals surface area contributed by atoms with Gasteiger partial charge in [0.1, 0.15) is 0 Å². The predicted octanol–water partition coefficient (Wildman–Crippen LogP) is 1.38. The third kappa shape index (κ3) is 5.65. The number of rotatable bonds is 8. The summed E-state index contributed by atoms with van der Waals surface area (Å²) >= 11 is 1.55. The van der Waals surface area contributed by atoms with Gasteiger partial charge in [-0.15, -0.1) is 11.3 Å². The Labute approximate surface area is 106 Å². The van der Waals surface area contributed by atoms with Crippen molar-refractivity contribution in [2.75, 3.05) is 38.6 Å². The van der Waals surface area contributed by atoms with Crippen molar-refractivity contribution in [2.45, 2.75) is 12.8 Å². The maximum Gasteiger partial charge on any atom is 0.305 e. The Morgan fingerprint density at radius 2 is 2.18 bits per heavy atom. The molecule has 0 aliphatic carbocycles. The van der Waals surface area contributed by atoms with E-state index in [4.69, 9.17) is 5.11 Å². The number of hydrogen-bond acceptors (Lipinski definition) is 5. The standard InChI is InChI=1S/C11H19N3O2S/c1-13(2)6-3-7-14(8-4-10(15)16)11-12-5-9-17-11/h5,9H,3-4,6-8H2,1-2H3,(H,15,16). The average molecular weight is 257 g/mol. The van der Waals surface area contributed by atoms with Gasteiger partial charge in [0.15, 0.2) is 5.13 Å². The van der Waals surface area contributed by atoms with Crippen molar-refractivity contribution in [1.29, 1.82) is 0 Å². The average Bonchev–Trinajstić information content (AvgIpc) is 2.75. The molecule has 0 aliphatic heterocycles. The number of carboxylic acids is 1. The maximum absolute atomic E-state index is 10.6. The van der Waals surface area contributed by atoms with Crippen LogP contribution in [0.5, 0.6) is 0 Å². The summed E-state index contributed by atoms with van der Waals surface area (Å²) in [5, 5.41) is 11.5. The Morgan fingerprint density at radius 3 is 2.71 bits per heavy atom. The number of nitrogens with zero attached hydrogens (tertiary/aromatic N) is 3. The highest BCUT2D eigenvalue weighted by Gasteiger charge is 2.10. The Bertz CT molecular complexity index is 327. The zero-order chi connectivity index (χ0) is 12.7. The fraction of sp³-hybridized carbons (Fsp3) is 0.636. The van der Waals surface area contributed by atoms with Crippen LogP contribution in [-0.4, -0.2) is 54.7 Å². The number of aliphatic carboxylic acids is 1. The van der Waals surface area contributed by atoms with Crippen LogP contribution in [0.4, 0.5) is 5.13 Å². The summed E-state index contributed by atoms with van der Waals surface area (Å²) in [5.41, 5.74) is 0. The number of carbonyl (C=O) groups is 1. The highest BCUT2D eigenvalue weighted by Crippen LogP contribution is 2.17. The summed E-state index contributed by atoms with van der Waals surface area (Å²) in [4.78, 5) is 19.0. The molecule has 1 N–H and O–H groups in total. The number of aromatic nitrogens is 1. The smallest absolute Gasteiger partial charge is 0.305 e. The SMILES string of the molecule is CN(C)CCCN(CCC(=O)O)c1nccs1. The van der Waals surface area contributed by atoms with Crippen LogP contribution in [0.1, 0.15) is 12.8 Å². The van der Waals surface area contributed by atoms with Crippen LogP contribution in [-0.2, 0) is 4.79 Å². The summed E-state index contributed by atoms with van der Waals surface area (Å²) < 4.78 is 0. The van der Waals surface area contributed by atoms with Gasteiger partial charge in [-0.05, 0) is 27.1 Å². The van der Waals surface area contributed by atoms with Crippen LogP contribution in [0.2, 0.25) is 0 Å². The molecule has 6 heteroatoms. The molecule has 5 nitrogen and oxygen atoms in total. The zero-order valence-electron chi connectivity index (χ0n) is 10.3. The van der Waals surface area contributed by atoms with Gasteiger partial charge >= 0.3 is 5.97 Å². The summed E-state index contributed by atoms with van der Waals surface area (Å²) in [5.74, 6) is -0.765. The van der Waals surface area contributed by atoms with Crippen LogP contribution >= 0.6 is 11.3 Å². The van der Waals surface area contributed by atoms with Crippen LogP contribution in [0, 0.1) is 0 Å². The van der Waals surface area contributed by atoms with Crippen LogP contribution in [0.15, 0.2) is 11.6 Å². The molecule has 0 atom stereocenters. The molecular formula is C11H19N3O2S. The molecular weight excluding hydrogens is 238 g/mol. The Hall–Kier alpha value is -1.14. The second-order valence-corrected chi connectivity index (χ2v) is 4.98. The first-order valence-electron chi connectivity index (χ1n) is 5.60. The summed E-state index contributed by atoms with van der Waals surface area (Å²) in [6, 6.07) is 0. The quantitative estimate of drug-likeness (QED) is 0.762. The second-order valence-electron chi connectivity index (χ2n) is 4.10. The van der Waals surface area contributed by atoms with Crippen LogP contribution < -0.4 is 4.90 Å². The lowest BCUT2D eigenvalue weighted by Crippen LogP contribution is -2.29. The molecule has 0 fully saturated rings. The zero-order valence-corrected chi connectivity index (χ0v) is 11.1. The first-order valence-corrected chi connectivity index (χ1v) is 6.48. The van der Waals surface area contributed by atoms with Crippen LogP contribution in [0.25, 0.3) is 0 Å². The minimum Gasteiger partial charge on any atom is -0.481 e. The first kappa shape index (κ1) is 13.9. The van der Waals surface area contributed by atoms with Crippen molar-refractivity contribution in [1.82, 2.24) is 9.88 Å². The highest BCUT2D eigenvalue weighted by molar-refractivity contribution is 7.13. The molecule has 1 aromatic heterocycles. The number of carboxylic acid groups (broad SMARTS) is 1. The molecule has 0 unspecified atom stereocenters. The fourth-order valence-corrected chi connectivity index (χ4v) is 2.18. The molecule has 0 amide bonds. The molecule has 0 radical (unpaired) electrons. The third-order valence-electron chi connectivity index (χ3n) is 2.32. The van der Waals surface area contributed by atoms with E-state index in [0.717, 1.165) is 24.6 Å². The molecule has 0 aromatic carbocycles. The van der Waals surface area contributed by atoms with Gasteiger partial charge < -0.3 is 14.9 Å². The van der Waals surface area contributed by atoms with Crippen LogP contribution in [0.3, 0.4) is 0 Å². The third-order valence-corrected chi connectivity index (χ3v) is 3.15. The van der Waals surface area contributed by atoms with E-state index >= 15 is 0 Å². The Kier molecular flexibility index (Phi) is 5.93. The van der Waals surface area contributed by atoms with Gasteiger partial charge in [-0.25, -0.2) is 4.98 Å². The largest absolute Gasteiger partial charge is 0.481 e. The van der Waals surface area contributed by atoms with Gasteiger partial charge in [-0.3, -0.25) is 4.79 Å².